The molecule has 1 atom stereocenters. The van der Waals surface area contributed by atoms with E-state index in [1.807, 2.05) is 0 Å². The molecule has 1 aromatic rings. The van der Waals surface area contributed by atoms with Gasteiger partial charge in [0.15, 0.2) is 0 Å². The van der Waals surface area contributed by atoms with Crippen LogP contribution in [-0.4, -0.2) is 38.1 Å². The zero-order valence-corrected chi connectivity index (χ0v) is 12.5. The molecule has 114 valence electrons. The summed E-state index contributed by atoms with van der Waals surface area (Å²) in [6.07, 6.45) is 0. The summed E-state index contributed by atoms with van der Waals surface area (Å²) < 4.78 is 9.35. The molecule has 0 aliphatic heterocycles. The summed E-state index contributed by atoms with van der Waals surface area (Å²) in [6.45, 7) is 3.01. The molecule has 6 nitrogen and oxygen atoms in total. The highest BCUT2D eigenvalue weighted by Crippen LogP contribution is 2.24. The van der Waals surface area contributed by atoms with Gasteiger partial charge < -0.3 is 14.8 Å². The molecule has 0 aliphatic carbocycles. The molecular formula is C15H19NO5. The van der Waals surface area contributed by atoms with Crippen LogP contribution in [0.15, 0.2) is 30.3 Å². The van der Waals surface area contributed by atoms with E-state index < -0.39 is 29.3 Å². The first-order valence-corrected chi connectivity index (χ1v) is 6.36. The van der Waals surface area contributed by atoms with Crippen molar-refractivity contribution < 1.29 is 23.9 Å². The van der Waals surface area contributed by atoms with Gasteiger partial charge in [0.1, 0.15) is 6.04 Å². The number of hydrogen-bond donors (Lipinski definition) is 1. The van der Waals surface area contributed by atoms with Crippen LogP contribution in [0, 0.1) is 5.41 Å². The molecule has 0 saturated heterocycles. The molecule has 1 aromatic carbocycles. The molecule has 21 heavy (non-hydrogen) atoms. The molecule has 0 aromatic heterocycles. The summed E-state index contributed by atoms with van der Waals surface area (Å²) >= 11 is 0. The second kappa shape index (κ2) is 6.88. The van der Waals surface area contributed by atoms with Crippen LogP contribution in [-0.2, 0) is 19.1 Å². The summed E-state index contributed by atoms with van der Waals surface area (Å²) in [5.41, 5.74) is -0.876. The number of ether oxygens (including phenoxy) is 2. The number of nitrogens with one attached hydrogen (secondary N) is 1. The van der Waals surface area contributed by atoms with Crippen LogP contribution in [0.1, 0.15) is 24.2 Å². The predicted octanol–water partition coefficient (Wildman–Crippen LogP) is 1.16. The van der Waals surface area contributed by atoms with E-state index in [2.05, 4.69) is 14.8 Å². The average Bonchev–Trinajstić information content (AvgIpc) is 2.51. The van der Waals surface area contributed by atoms with Crippen LogP contribution in [0.2, 0.25) is 0 Å². The summed E-state index contributed by atoms with van der Waals surface area (Å²) in [5, 5.41) is 2.53. The van der Waals surface area contributed by atoms with Crippen molar-refractivity contribution in [3.63, 3.8) is 0 Å². The summed E-state index contributed by atoms with van der Waals surface area (Å²) in [6, 6.07) is 7.24. The maximum absolute atomic E-state index is 12.2. The van der Waals surface area contributed by atoms with Crippen molar-refractivity contribution in [3.05, 3.63) is 35.9 Å². The first-order valence-electron chi connectivity index (χ1n) is 6.36. The van der Waals surface area contributed by atoms with Crippen molar-refractivity contribution in [3.8, 4) is 0 Å². The van der Waals surface area contributed by atoms with E-state index in [1.54, 1.807) is 30.3 Å². The Morgan fingerprint density at radius 2 is 1.62 bits per heavy atom. The van der Waals surface area contributed by atoms with Gasteiger partial charge in [-0.2, -0.15) is 0 Å². The van der Waals surface area contributed by atoms with E-state index in [4.69, 9.17) is 0 Å². The molecule has 6 heteroatoms. The Balaban J connectivity index is 3.02. The first-order chi connectivity index (χ1) is 9.84. The van der Waals surface area contributed by atoms with Gasteiger partial charge in [0.25, 0.3) is 5.91 Å². The largest absolute Gasteiger partial charge is 0.469 e. The number of benzene rings is 1. The Kier molecular flexibility index (Phi) is 5.46. The second-order valence-electron chi connectivity index (χ2n) is 5.01. The average molecular weight is 293 g/mol. The quantitative estimate of drug-likeness (QED) is 0.824. The van der Waals surface area contributed by atoms with E-state index in [-0.39, 0.29) is 0 Å². The maximum Gasteiger partial charge on any atom is 0.329 e. The predicted molar refractivity (Wildman–Crippen MR) is 75.5 cm³/mol. The lowest BCUT2D eigenvalue weighted by molar-refractivity contribution is -0.160. The van der Waals surface area contributed by atoms with Crippen molar-refractivity contribution >= 4 is 17.8 Å². The number of esters is 2. The van der Waals surface area contributed by atoms with Gasteiger partial charge in [-0.3, -0.25) is 9.59 Å². The third-order valence-corrected chi connectivity index (χ3v) is 3.18. The molecule has 0 heterocycles. The lowest BCUT2D eigenvalue weighted by Gasteiger charge is -2.30. The zero-order valence-electron chi connectivity index (χ0n) is 12.5. The number of carbonyl (C=O) groups is 3. The normalized spacial score (nSPS) is 12.2. The van der Waals surface area contributed by atoms with Gasteiger partial charge in [-0.15, -0.1) is 0 Å². The molecule has 0 aliphatic rings. The highest BCUT2D eigenvalue weighted by atomic mass is 16.5. The van der Waals surface area contributed by atoms with Crippen molar-refractivity contribution in [2.45, 2.75) is 19.9 Å². The molecule has 1 amide bonds. The second-order valence-corrected chi connectivity index (χ2v) is 5.01. The minimum absolute atomic E-state index is 0.382. The smallest absolute Gasteiger partial charge is 0.329 e. The fourth-order valence-corrected chi connectivity index (χ4v) is 1.84. The topological polar surface area (TPSA) is 81.7 Å². The third kappa shape index (κ3) is 3.81. The first kappa shape index (κ1) is 16.7. The molecule has 1 rings (SSSR count). The minimum atomic E-state index is -1.26. The fraction of sp³-hybridized carbons (Fsp3) is 0.400. The highest BCUT2D eigenvalue weighted by Gasteiger charge is 2.44. The molecule has 1 N–H and O–H groups in total. The molecule has 0 saturated carbocycles. The fourth-order valence-electron chi connectivity index (χ4n) is 1.84. The van der Waals surface area contributed by atoms with Crippen LogP contribution in [0.25, 0.3) is 0 Å². The summed E-state index contributed by atoms with van der Waals surface area (Å²) in [4.78, 5) is 35.9. The summed E-state index contributed by atoms with van der Waals surface area (Å²) in [5.74, 6) is -1.80. The molecule has 0 bridgehead atoms. The van der Waals surface area contributed by atoms with Crippen LogP contribution < -0.4 is 5.32 Å². The van der Waals surface area contributed by atoms with E-state index in [0.29, 0.717) is 5.56 Å². The number of hydrogen-bond acceptors (Lipinski definition) is 5. The van der Waals surface area contributed by atoms with Gasteiger partial charge >= 0.3 is 11.9 Å². The molecule has 0 radical (unpaired) electrons. The zero-order chi connectivity index (χ0) is 16.0. The summed E-state index contributed by atoms with van der Waals surface area (Å²) in [7, 11) is 2.41. The third-order valence-electron chi connectivity index (χ3n) is 3.18. The van der Waals surface area contributed by atoms with Crippen LogP contribution >= 0.6 is 0 Å². The Hall–Kier alpha value is -2.37. The Morgan fingerprint density at radius 1 is 1.05 bits per heavy atom. The molecule has 0 spiro atoms. The minimum Gasteiger partial charge on any atom is -0.469 e. The Labute approximate surface area is 123 Å². The highest BCUT2D eigenvalue weighted by molar-refractivity contribution is 5.98. The Morgan fingerprint density at radius 3 is 2.10 bits per heavy atom. The van der Waals surface area contributed by atoms with E-state index in [0.717, 1.165) is 0 Å². The molecular weight excluding hydrogens is 274 g/mol. The van der Waals surface area contributed by atoms with Crippen LogP contribution in [0.3, 0.4) is 0 Å². The van der Waals surface area contributed by atoms with Gasteiger partial charge in [0.05, 0.1) is 19.6 Å². The number of carbonyl (C=O) groups excluding carboxylic acids is 3. The standard InChI is InChI=1S/C15H19NO5/c1-15(2,14(19)21-4)11(13(18)20-3)16-12(17)10-8-6-5-7-9-10/h5-9,11H,1-4H3,(H,16,17). The van der Waals surface area contributed by atoms with Crippen molar-refractivity contribution in [2.75, 3.05) is 14.2 Å². The number of methoxy groups -OCH3 is 2. The van der Waals surface area contributed by atoms with Crippen LogP contribution in [0.5, 0.6) is 0 Å². The lowest BCUT2D eigenvalue weighted by atomic mass is 9.84. The number of rotatable bonds is 5. The lowest BCUT2D eigenvalue weighted by Crippen LogP contribution is -2.54. The van der Waals surface area contributed by atoms with E-state index in [9.17, 15) is 14.4 Å². The van der Waals surface area contributed by atoms with E-state index in [1.165, 1.54) is 28.1 Å². The molecule has 0 fully saturated rings. The van der Waals surface area contributed by atoms with Crippen LogP contribution in [0.4, 0.5) is 0 Å². The van der Waals surface area contributed by atoms with Gasteiger partial charge in [0.2, 0.25) is 0 Å². The van der Waals surface area contributed by atoms with Gasteiger partial charge in [-0.25, -0.2) is 4.79 Å². The van der Waals surface area contributed by atoms with E-state index >= 15 is 0 Å². The monoisotopic (exact) mass is 293 g/mol. The number of amides is 1. The Bertz CT molecular complexity index is 524. The molecule has 1 unspecified atom stereocenters. The van der Waals surface area contributed by atoms with Crippen molar-refractivity contribution in [1.82, 2.24) is 5.32 Å². The van der Waals surface area contributed by atoms with Crippen molar-refractivity contribution in [2.24, 2.45) is 5.41 Å². The SMILES string of the molecule is COC(=O)C(NC(=O)c1ccccc1)C(C)(C)C(=O)OC. The van der Waals surface area contributed by atoms with Gasteiger partial charge in [-0.05, 0) is 26.0 Å². The maximum atomic E-state index is 12.2. The van der Waals surface area contributed by atoms with Gasteiger partial charge in [-0.1, -0.05) is 18.2 Å². The van der Waals surface area contributed by atoms with Crippen molar-refractivity contribution in [1.29, 1.82) is 0 Å². The van der Waals surface area contributed by atoms with Gasteiger partial charge in [0, 0.05) is 5.56 Å².